The van der Waals surface area contributed by atoms with Crippen LogP contribution in [0.1, 0.15) is 36.4 Å². The highest BCUT2D eigenvalue weighted by Gasteiger charge is 2.30. The van der Waals surface area contributed by atoms with Crippen LogP contribution in [-0.2, 0) is 11.3 Å². The van der Waals surface area contributed by atoms with E-state index in [2.05, 4.69) is 21.5 Å². The minimum Gasteiger partial charge on any atom is -0.351 e. The number of hydrazine groups is 1. The van der Waals surface area contributed by atoms with E-state index in [1.165, 1.54) is 0 Å². The molecule has 2 aromatic carbocycles. The predicted molar refractivity (Wildman–Crippen MR) is 117 cm³/mol. The molecule has 0 saturated carbocycles. The molecule has 3 amide bonds. The molecular formula is C22H26ClN5O2. The molecule has 4 rings (SSSR count). The van der Waals surface area contributed by atoms with Crippen molar-refractivity contribution in [2.24, 2.45) is 0 Å². The highest BCUT2D eigenvalue weighted by Crippen LogP contribution is 2.24. The van der Waals surface area contributed by atoms with Gasteiger partial charge in [-0.05, 0) is 54.7 Å². The molecule has 30 heavy (non-hydrogen) atoms. The molecule has 2 heterocycles. The lowest BCUT2D eigenvalue weighted by molar-refractivity contribution is -0.123. The highest BCUT2D eigenvalue weighted by atomic mass is 35.5. The molecule has 0 bridgehead atoms. The summed E-state index contributed by atoms with van der Waals surface area (Å²) in [7, 11) is 0. The van der Waals surface area contributed by atoms with Gasteiger partial charge >= 0.3 is 6.03 Å². The normalized spacial score (nSPS) is 20.9. The summed E-state index contributed by atoms with van der Waals surface area (Å²) < 4.78 is 0. The van der Waals surface area contributed by atoms with Crippen molar-refractivity contribution in [3.8, 4) is 0 Å². The lowest BCUT2D eigenvalue weighted by Gasteiger charge is -2.16. The Labute approximate surface area is 181 Å². The van der Waals surface area contributed by atoms with Crippen molar-refractivity contribution < 1.29 is 9.59 Å². The summed E-state index contributed by atoms with van der Waals surface area (Å²) in [6.45, 7) is 2.01. The second-order valence-corrected chi connectivity index (χ2v) is 8.16. The number of benzene rings is 2. The first-order valence-electron chi connectivity index (χ1n) is 10.3. The van der Waals surface area contributed by atoms with Gasteiger partial charge in [0.15, 0.2) is 0 Å². The second kappa shape index (κ2) is 9.47. The molecule has 7 nitrogen and oxygen atoms in total. The molecule has 2 unspecified atom stereocenters. The van der Waals surface area contributed by atoms with Crippen LogP contribution in [0, 0.1) is 0 Å². The van der Waals surface area contributed by atoms with Gasteiger partial charge in [-0.2, -0.15) is 0 Å². The summed E-state index contributed by atoms with van der Waals surface area (Å²) >= 11 is 6.06. The number of urea groups is 1. The van der Waals surface area contributed by atoms with Gasteiger partial charge < -0.3 is 15.5 Å². The third kappa shape index (κ3) is 5.11. The first-order valence-corrected chi connectivity index (χ1v) is 10.7. The summed E-state index contributed by atoms with van der Waals surface area (Å²) in [5.74, 6) is -0.0708. The van der Waals surface area contributed by atoms with E-state index < -0.39 is 0 Å². The number of carbonyl (C=O) groups is 2. The third-order valence-electron chi connectivity index (χ3n) is 5.51. The number of anilines is 1. The Morgan fingerprint density at radius 3 is 2.67 bits per heavy atom. The molecule has 2 aliphatic rings. The van der Waals surface area contributed by atoms with Crippen LogP contribution < -0.4 is 21.5 Å². The largest absolute Gasteiger partial charge is 0.351 e. The molecule has 2 aliphatic heterocycles. The van der Waals surface area contributed by atoms with Crippen LogP contribution in [-0.4, -0.2) is 36.0 Å². The Bertz CT molecular complexity index is 916. The maximum absolute atomic E-state index is 12.6. The number of hydrogen-bond acceptors (Lipinski definition) is 4. The maximum atomic E-state index is 12.6. The first kappa shape index (κ1) is 20.7. The van der Waals surface area contributed by atoms with Crippen molar-refractivity contribution in [2.45, 2.75) is 37.9 Å². The molecular weight excluding hydrogens is 402 g/mol. The van der Waals surface area contributed by atoms with E-state index in [0.717, 1.165) is 42.7 Å². The van der Waals surface area contributed by atoms with Crippen molar-refractivity contribution in [1.82, 2.24) is 21.1 Å². The van der Waals surface area contributed by atoms with Gasteiger partial charge in [-0.15, -0.1) is 0 Å². The van der Waals surface area contributed by atoms with Gasteiger partial charge in [-0.3, -0.25) is 4.79 Å². The molecule has 4 N–H and O–H groups in total. The summed E-state index contributed by atoms with van der Waals surface area (Å²) in [5.41, 5.74) is 8.94. The Kier molecular flexibility index (Phi) is 6.52. The lowest BCUT2D eigenvalue weighted by atomic mass is 10.0. The SMILES string of the molecule is O=C(NCc1cccc(NC(=O)N2CCCC2)c1)C1CC(c2cccc(Cl)c2)NN1. The molecule has 0 spiro atoms. The first-order chi connectivity index (χ1) is 14.6. The van der Waals surface area contributed by atoms with E-state index >= 15 is 0 Å². The molecule has 0 aromatic heterocycles. The number of rotatable bonds is 5. The summed E-state index contributed by atoms with van der Waals surface area (Å²) in [6.07, 6.45) is 2.75. The molecule has 2 aromatic rings. The Morgan fingerprint density at radius 1 is 1.07 bits per heavy atom. The van der Waals surface area contributed by atoms with Gasteiger partial charge in [0.05, 0.1) is 0 Å². The van der Waals surface area contributed by atoms with Crippen molar-refractivity contribution in [3.05, 3.63) is 64.7 Å². The maximum Gasteiger partial charge on any atom is 0.321 e. The van der Waals surface area contributed by atoms with Gasteiger partial charge in [-0.25, -0.2) is 15.6 Å². The molecule has 2 saturated heterocycles. The van der Waals surface area contributed by atoms with E-state index in [1.54, 1.807) is 0 Å². The van der Waals surface area contributed by atoms with Crippen LogP contribution in [0.2, 0.25) is 5.02 Å². The average molecular weight is 428 g/mol. The zero-order valence-electron chi connectivity index (χ0n) is 16.7. The van der Waals surface area contributed by atoms with E-state index in [4.69, 9.17) is 11.6 Å². The standard InChI is InChI=1S/C22H26ClN5O2/c23-17-7-4-6-16(12-17)19-13-20(27-26-19)21(29)24-14-15-5-3-8-18(11-15)25-22(30)28-9-1-2-10-28/h3-8,11-12,19-20,26-27H,1-2,9-10,13-14H2,(H,24,29)(H,25,30). The summed E-state index contributed by atoms with van der Waals surface area (Å²) in [4.78, 5) is 26.7. The number of carbonyl (C=O) groups excluding carboxylic acids is 2. The third-order valence-corrected chi connectivity index (χ3v) is 5.74. The minimum atomic E-state index is -0.327. The number of nitrogens with zero attached hydrogens (tertiary/aromatic N) is 1. The molecule has 0 aliphatic carbocycles. The second-order valence-electron chi connectivity index (χ2n) is 7.73. The molecule has 158 valence electrons. The van der Waals surface area contributed by atoms with Crippen molar-refractivity contribution in [2.75, 3.05) is 18.4 Å². The number of nitrogens with one attached hydrogen (secondary N) is 4. The van der Waals surface area contributed by atoms with Gasteiger partial charge in [-0.1, -0.05) is 35.9 Å². The van der Waals surface area contributed by atoms with Gasteiger partial charge in [0, 0.05) is 36.4 Å². The monoisotopic (exact) mass is 427 g/mol. The topological polar surface area (TPSA) is 85.5 Å². The van der Waals surface area contributed by atoms with Crippen LogP contribution in [0.25, 0.3) is 0 Å². The zero-order valence-corrected chi connectivity index (χ0v) is 17.4. The van der Waals surface area contributed by atoms with Gasteiger partial charge in [0.25, 0.3) is 0 Å². The fraction of sp³-hybridized carbons (Fsp3) is 0.364. The van der Waals surface area contributed by atoms with E-state index in [9.17, 15) is 9.59 Å². The highest BCUT2D eigenvalue weighted by molar-refractivity contribution is 6.30. The van der Waals surface area contributed by atoms with Crippen molar-refractivity contribution in [3.63, 3.8) is 0 Å². The Balaban J connectivity index is 1.28. The molecule has 0 radical (unpaired) electrons. The average Bonchev–Trinajstić information content (AvgIpc) is 3.44. The fourth-order valence-corrected chi connectivity index (χ4v) is 4.06. The van der Waals surface area contributed by atoms with Crippen LogP contribution in [0.15, 0.2) is 48.5 Å². The quantitative estimate of drug-likeness (QED) is 0.590. The molecule has 2 atom stereocenters. The van der Waals surface area contributed by atoms with Crippen molar-refractivity contribution >= 4 is 29.2 Å². The summed E-state index contributed by atoms with van der Waals surface area (Å²) in [6, 6.07) is 14.8. The summed E-state index contributed by atoms with van der Waals surface area (Å²) in [5, 5.41) is 6.59. The number of likely N-dealkylation sites (tertiary alicyclic amines) is 1. The minimum absolute atomic E-state index is 0.0311. The smallest absolute Gasteiger partial charge is 0.321 e. The lowest BCUT2D eigenvalue weighted by Crippen LogP contribution is -2.42. The molecule has 2 fully saturated rings. The fourth-order valence-electron chi connectivity index (χ4n) is 3.86. The Morgan fingerprint density at radius 2 is 1.87 bits per heavy atom. The predicted octanol–water partition coefficient (Wildman–Crippen LogP) is 3.19. The van der Waals surface area contributed by atoms with E-state index in [1.807, 2.05) is 53.4 Å². The number of halogens is 1. The zero-order chi connectivity index (χ0) is 20.9. The van der Waals surface area contributed by atoms with E-state index in [0.29, 0.717) is 18.0 Å². The number of amides is 3. The number of hydrogen-bond donors (Lipinski definition) is 4. The molecule has 8 heteroatoms. The van der Waals surface area contributed by atoms with Gasteiger partial charge in [0.2, 0.25) is 5.91 Å². The Hall–Kier alpha value is -2.61. The van der Waals surface area contributed by atoms with Crippen LogP contribution in [0.5, 0.6) is 0 Å². The van der Waals surface area contributed by atoms with Crippen molar-refractivity contribution in [1.29, 1.82) is 0 Å². The van der Waals surface area contributed by atoms with E-state index in [-0.39, 0.29) is 24.0 Å². The van der Waals surface area contributed by atoms with Crippen LogP contribution >= 0.6 is 11.6 Å². The van der Waals surface area contributed by atoms with Gasteiger partial charge in [0.1, 0.15) is 6.04 Å². The van der Waals surface area contributed by atoms with Crippen LogP contribution in [0.4, 0.5) is 10.5 Å². The van der Waals surface area contributed by atoms with Crippen LogP contribution in [0.3, 0.4) is 0 Å².